The number of hydrogen-bond acceptors (Lipinski definition) is 2. The van der Waals surface area contributed by atoms with Crippen LogP contribution < -0.4 is 11.5 Å². The molecule has 0 saturated heterocycles. The van der Waals surface area contributed by atoms with E-state index in [2.05, 4.69) is 6.92 Å². The van der Waals surface area contributed by atoms with Gasteiger partial charge in [0.15, 0.2) is 0 Å². The van der Waals surface area contributed by atoms with Crippen molar-refractivity contribution in [2.75, 3.05) is 6.54 Å². The van der Waals surface area contributed by atoms with Crippen LogP contribution in [-0.4, -0.2) is 12.6 Å². The first-order chi connectivity index (χ1) is 8.81. The minimum atomic E-state index is 0.230. The van der Waals surface area contributed by atoms with Crippen molar-refractivity contribution in [3.05, 3.63) is 0 Å². The van der Waals surface area contributed by atoms with E-state index in [4.69, 9.17) is 11.5 Å². The monoisotopic (exact) mass is 256 g/mol. The van der Waals surface area contributed by atoms with Gasteiger partial charge in [0, 0.05) is 12.6 Å². The van der Waals surface area contributed by atoms with E-state index >= 15 is 0 Å². The van der Waals surface area contributed by atoms with E-state index in [0.29, 0.717) is 6.54 Å². The minimum absolute atomic E-state index is 0.230. The lowest BCUT2D eigenvalue weighted by Crippen LogP contribution is -2.29. The first-order valence-corrected chi connectivity index (χ1v) is 8.27. The largest absolute Gasteiger partial charge is 0.329 e. The van der Waals surface area contributed by atoms with Crippen molar-refractivity contribution in [3.63, 3.8) is 0 Å². The van der Waals surface area contributed by atoms with Gasteiger partial charge in [0.1, 0.15) is 0 Å². The maximum absolute atomic E-state index is 5.78. The molecule has 1 atom stereocenters. The summed E-state index contributed by atoms with van der Waals surface area (Å²) in [4.78, 5) is 0. The van der Waals surface area contributed by atoms with Gasteiger partial charge in [-0.1, -0.05) is 84.0 Å². The molecule has 0 rings (SSSR count). The number of unbranched alkanes of at least 4 members (excludes halogenated alkanes) is 11. The van der Waals surface area contributed by atoms with E-state index < -0.39 is 0 Å². The van der Waals surface area contributed by atoms with Gasteiger partial charge >= 0.3 is 0 Å². The van der Waals surface area contributed by atoms with Gasteiger partial charge in [-0.15, -0.1) is 0 Å². The molecule has 0 aliphatic carbocycles. The highest BCUT2D eigenvalue weighted by Crippen LogP contribution is 2.12. The Balaban J connectivity index is 2.94. The molecule has 0 unspecified atom stereocenters. The van der Waals surface area contributed by atoms with Crippen LogP contribution in [0.1, 0.15) is 90.4 Å². The Morgan fingerprint density at radius 1 is 0.667 bits per heavy atom. The predicted octanol–water partition coefficient (Wildman–Crippen LogP) is 4.36. The molecule has 0 aromatic heterocycles. The maximum Gasteiger partial charge on any atom is 0.0163 e. The molecule has 0 aromatic rings. The molecule has 0 amide bonds. The lowest BCUT2D eigenvalue weighted by atomic mass is 10.0. The lowest BCUT2D eigenvalue weighted by Gasteiger charge is -2.07. The van der Waals surface area contributed by atoms with Crippen LogP contribution in [0.2, 0.25) is 0 Å². The first-order valence-electron chi connectivity index (χ1n) is 8.27. The molecule has 0 saturated carbocycles. The molecule has 18 heavy (non-hydrogen) atoms. The predicted molar refractivity (Wildman–Crippen MR) is 82.7 cm³/mol. The molecule has 0 bridgehead atoms. The van der Waals surface area contributed by atoms with E-state index in [0.717, 1.165) is 6.42 Å². The molecular weight excluding hydrogens is 220 g/mol. The average Bonchev–Trinajstić information content (AvgIpc) is 2.39. The standard InChI is InChI=1S/C16H36N2/c1-2-3-4-5-6-7-8-9-10-11-12-13-14-16(18)15-17/h16H,2-15,17-18H2,1H3/t16-/m0/s1. The van der Waals surface area contributed by atoms with Gasteiger partial charge in [-0.3, -0.25) is 0 Å². The van der Waals surface area contributed by atoms with Crippen LogP contribution in [-0.2, 0) is 0 Å². The smallest absolute Gasteiger partial charge is 0.0163 e. The van der Waals surface area contributed by atoms with Crippen LogP contribution >= 0.6 is 0 Å². The molecule has 0 aliphatic heterocycles. The number of nitrogens with two attached hydrogens (primary N) is 2. The van der Waals surface area contributed by atoms with Crippen LogP contribution in [0.3, 0.4) is 0 Å². The SMILES string of the molecule is CCCCCCCCCCCCCC[C@H](N)CN. The van der Waals surface area contributed by atoms with Crippen molar-refractivity contribution < 1.29 is 0 Å². The summed E-state index contributed by atoms with van der Waals surface area (Å²) in [6.07, 6.45) is 17.9. The summed E-state index contributed by atoms with van der Waals surface area (Å²) >= 11 is 0. The molecule has 110 valence electrons. The van der Waals surface area contributed by atoms with Gasteiger partial charge in [0.05, 0.1) is 0 Å². The summed E-state index contributed by atoms with van der Waals surface area (Å²) in [5.74, 6) is 0. The van der Waals surface area contributed by atoms with Crippen molar-refractivity contribution in [1.29, 1.82) is 0 Å². The van der Waals surface area contributed by atoms with Crippen molar-refractivity contribution in [2.45, 2.75) is 96.4 Å². The zero-order valence-electron chi connectivity index (χ0n) is 12.6. The molecule has 0 radical (unpaired) electrons. The number of hydrogen-bond donors (Lipinski definition) is 2. The van der Waals surface area contributed by atoms with E-state index in [1.807, 2.05) is 0 Å². The third kappa shape index (κ3) is 14.0. The van der Waals surface area contributed by atoms with E-state index in [-0.39, 0.29) is 6.04 Å². The quantitative estimate of drug-likeness (QED) is 0.454. The fraction of sp³-hybridized carbons (Fsp3) is 1.00. The third-order valence-electron chi connectivity index (χ3n) is 3.73. The molecule has 4 N–H and O–H groups in total. The normalized spacial score (nSPS) is 12.8. The summed E-state index contributed by atoms with van der Waals surface area (Å²) in [7, 11) is 0. The van der Waals surface area contributed by atoms with Crippen molar-refractivity contribution in [2.24, 2.45) is 11.5 Å². The second kappa shape index (κ2) is 15.0. The second-order valence-electron chi connectivity index (χ2n) is 5.67. The minimum Gasteiger partial charge on any atom is -0.329 e. The Morgan fingerprint density at radius 3 is 1.44 bits per heavy atom. The van der Waals surface area contributed by atoms with Crippen LogP contribution in [0.25, 0.3) is 0 Å². The van der Waals surface area contributed by atoms with Crippen molar-refractivity contribution >= 4 is 0 Å². The van der Waals surface area contributed by atoms with E-state index in [9.17, 15) is 0 Å². The maximum atomic E-state index is 5.78. The molecular formula is C16H36N2. The summed E-state index contributed by atoms with van der Waals surface area (Å²) in [6.45, 7) is 2.92. The number of rotatable bonds is 14. The molecule has 0 fully saturated rings. The highest BCUT2D eigenvalue weighted by atomic mass is 14.7. The van der Waals surface area contributed by atoms with Gasteiger partial charge in [-0.25, -0.2) is 0 Å². The van der Waals surface area contributed by atoms with E-state index in [1.165, 1.54) is 77.0 Å². The average molecular weight is 256 g/mol. The lowest BCUT2D eigenvalue weighted by molar-refractivity contribution is 0.520. The van der Waals surface area contributed by atoms with Crippen LogP contribution in [0.4, 0.5) is 0 Å². The van der Waals surface area contributed by atoms with Gasteiger partial charge in [0.2, 0.25) is 0 Å². The van der Waals surface area contributed by atoms with Crippen LogP contribution in [0.5, 0.6) is 0 Å². The molecule has 0 aromatic carbocycles. The van der Waals surface area contributed by atoms with E-state index in [1.54, 1.807) is 0 Å². The summed E-state index contributed by atoms with van der Waals surface area (Å²) in [5.41, 5.74) is 11.3. The second-order valence-corrected chi connectivity index (χ2v) is 5.67. The Hall–Kier alpha value is -0.0800. The highest BCUT2D eigenvalue weighted by molar-refractivity contribution is 4.61. The molecule has 0 spiro atoms. The third-order valence-corrected chi connectivity index (χ3v) is 3.73. The fourth-order valence-electron chi connectivity index (χ4n) is 2.37. The molecule has 2 nitrogen and oxygen atoms in total. The Labute approximate surface area is 115 Å². The van der Waals surface area contributed by atoms with Gasteiger partial charge in [-0.05, 0) is 6.42 Å². The zero-order chi connectivity index (χ0) is 13.5. The summed E-state index contributed by atoms with van der Waals surface area (Å²) in [5, 5.41) is 0. The molecule has 0 aliphatic rings. The topological polar surface area (TPSA) is 52.0 Å². The summed E-state index contributed by atoms with van der Waals surface area (Å²) < 4.78 is 0. The molecule has 2 heteroatoms. The van der Waals surface area contributed by atoms with Crippen molar-refractivity contribution in [3.8, 4) is 0 Å². The highest BCUT2D eigenvalue weighted by Gasteiger charge is 1.98. The van der Waals surface area contributed by atoms with Crippen LogP contribution in [0, 0.1) is 0 Å². The summed E-state index contributed by atoms with van der Waals surface area (Å²) in [6, 6.07) is 0.230. The Kier molecular flexibility index (Phi) is 14.9. The fourth-order valence-corrected chi connectivity index (χ4v) is 2.37. The Bertz CT molecular complexity index is 148. The molecule has 0 heterocycles. The first kappa shape index (κ1) is 17.9. The Morgan fingerprint density at radius 2 is 1.06 bits per heavy atom. The van der Waals surface area contributed by atoms with Crippen molar-refractivity contribution in [1.82, 2.24) is 0 Å². The van der Waals surface area contributed by atoms with Gasteiger partial charge in [0.25, 0.3) is 0 Å². The zero-order valence-corrected chi connectivity index (χ0v) is 12.6. The van der Waals surface area contributed by atoms with Gasteiger partial charge < -0.3 is 11.5 Å². The van der Waals surface area contributed by atoms with Crippen LogP contribution in [0.15, 0.2) is 0 Å². The van der Waals surface area contributed by atoms with Gasteiger partial charge in [-0.2, -0.15) is 0 Å².